The first kappa shape index (κ1) is 11.9. The molecular weight excluding hydrogens is 212 g/mol. The Balaban J connectivity index is 1.35. The van der Waals surface area contributed by atoms with Crippen molar-refractivity contribution in [3.05, 3.63) is 0 Å². The van der Waals surface area contributed by atoms with Gasteiger partial charge in [-0.3, -0.25) is 0 Å². The molecule has 0 aromatic carbocycles. The van der Waals surface area contributed by atoms with E-state index in [9.17, 15) is 0 Å². The molecule has 0 saturated carbocycles. The minimum absolute atomic E-state index is 0.575. The highest BCUT2D eigenvalue weighted by atomic mass is 16.5. The Hall–Kier alpha value is -0.120. The van der Waals surface area contributed by atoms with Crippen molar-refractivity contribution < 1.29 is 4.74 Å². The molecular formula is C14H26N2O. The van der Waals surface area contributed by atoms with E-state index in [4.69, 9.17) is 4.74 Å². The van der Waals surface area contributed by atoms with Gasteiger partial charge in [0.25, 0.3) is 0 Å². The molecule has 0 amide bonds. The van der Waals surface area contributed by atoms with Gasteiger partial charge in [0.1, 0.15) is 0 Å². The van der Waals surface area contributed by atoms with Crippen molar-refractivity contribution in [3.63, 3.8) is 0 Å². The zero-order chi connectivity index (χ0) is 11.7. The number of ether oxygens (including phenoxy) is 1. The standard InChI is InChI=1S/C14H26N2O/c1-10-4-5-16-12(6-10)9-15-8-11-7-13-2-3-14(11)17-13/h10-16H,2-9H2,1H3. The van der Waals surface area contributed by atoms with Crippen LogP contribution in [0, 0.1) is 11.8 Å². The van der Waals surface area contributed by atoms with Gasteiger partial charge in [0.15, 0.2) is 0 Å². The molecule has 5 unspecified atom stereocenters. The average Bonchev–Trinajstić information content (AvgIpc) is 2.91. The Morgan fingerprint density at radius 2 is 2.12 bits per heavy atom. The summed E-state index contributed by atoms with van der Waals surface area (Å²) in [7, 11) is 0. The Labute approximate surface area is 105 Å². The normalized spacial score (nSPS) is 45.4. The lowest BCUT2D eigenvalue weighted by atomic mass is 9.89. The summed E-state index contributed by atoms with van der Waals surface area (Å²) in [6.07, 6.45) is 7.76. The third-order valence-electron chi connectivity index (χ3n) is 4.79. The summed E-state index contributed by atoms with van der Waals surface area (Å²) in [6, 6.07) is 0.693. The van der Waals surface area contributed by atoms with Crippen molar-refractivity contribution in [2.75, 3.05) is 19.6 Å². The van der Waals surface area contributed by atoms with Gasteiger partial charge in [-0.25, -0.2) is 0 Å². The molecule has 3 saturated heterocycles. The van der Waals surface area contributed by atoms with Crippen LogP contribution < -0.4 is 10.6 Å². The molecule has 0 aliphatic carbocycles. The SMILES string of the molecule is CC1CCNC(CNCC2CC3CCC2O3)C1. The van der Waals surface area contributed by atoms with Crippen LogP contribution in [0.3, 0.4) is 0 Å². The second-order valence-electron chi connectivity index (χ2n) is 6.31. The highest BCUT2D eigenvalue weighted by molar-refractivity contribution is 4.90. The van der Waals surface area contributed by atoms with Crippen LogP contribution >= 0.6 is 0 Å². The summed E-state index contributed by atoms with van der Waals surface area (Å²) >= 11 is 0. The fourth-order valence-electron chi connectivity index (χ4n) is 3.78. The van der Waals surface area contributed by atoms with Crippen molar-refractivity contribution in [2.45, 2.75) is 57.3 Å². The van der Waals surface area contributed by atoms with Gasteiger partial charge in [0.05, 0.1) is 12.2 Å². The fourth-order valence-corrected chi connectivity index (χ4v) is 3.78. The molecule has 3 rings (SSSR count). The van der Waals surface area contributed by atoms with Crippen LogP contribution in [0.15, 0.2) is 0 Å². The van der Waals surface area contributed by atoms with Crippen LogP contribution in [0.1, 0.15) is 39.0 Å². The maximum absolute atomic E-state index is 5.89. The van der Waals surface area contributed by atoms with Crippen LogP contribution in [-0.2, 0) is 4.74 Å². The maximum atomic E-state index is 5.89. The third-order valence-corrected chi connectivity index (χ3v) is 4.79. The van der Waals surface area contributed by atoms with E-state index in [0.29, 0.717) is 18.2 Å². The number of nitrogens with one attached hydrogen (secondary N) is 2. The van der Waals surface area contributed by atoms with Gasteiger partial charge >= 0.3 is 0 Å². The highest BCUT2D eigenvalue weighted by Gasteiger charge is 2.40. The van der Waals surface area contributed by atoms with E-state index in [1.165, 1.54) is 38.6 Å². The van der Waals surface area contributed by atoms with Gasteiger partial charge in [-0.05, 0) is 44.6 Å². The number of rotatable bonds is 4. The van der Waals surface area contributed by atoms with E-state index < -0.39 is 0 Å². The Kier molecular flexibility index (Phi) is 3.69. The molecule has 0 spiro atoms. The molecule has 0 aromatic rings. The Morgan fingerprint density at radius 1 is 1.18 bits per heavy atom. The second kappa shape index (κ2) is 5.25. The second-order valence-corrected chi connectivity index (χ2v) is 6.31. The number of piperidine rings is 1. The van der Waals surface area contributed by atoms with Gasteiger partial charge < -0.3 is 15.4 Å². The molecule has 3 heteroatoms. The monoisotopic (exact) mass is 238 g/mol. The quantitative estimate of drug-likeness (QED) is 0.779. The minimum Gasteiger partial charge on any atom is -0.375 e. The van der Waals surface area contributed by atoms with Gasteiger partial charge in [-0.15, -0.1) is 0 Å². The van der Waals surface area contributed by atoms with E-state index in [2.05, 4.69) is 17.6 Å². The van der Waals surface area contributed by atoms with Crippen molar-refractivity contribution in [2.24, 2.45) is 11.8 Å². The van der Waals surface area contributed by atoms with E-state index in [-0.39, 0.29) is 0 Å². The topological polar surface area (TPSA) is 33.3 Å². The molecule has 3 nitrogen and oxygen atoms in total. The molecule has 3 aliphatic heterocycles. The summed E-state index contributed by atoms with van der Waals surface area (Å²) in [6.45, 7) is 5.87. The molecule has 3 fully saturated rings. The maximum Gasteiger partial charge on any atom is 0.0621 e. The molecule has 5 atom stereocenters. The van der Waals surface area contributed by atoms with Crippen LogP contribution in [0.25, 0.3) is 0 Å². The summed E-state index contributed by atoms with van der Waals surface area (Å²) in [5, 5.41) is 7.28. The van der Waals surface area contributed by atoms with E-state index in [1.807, 2.05) is 0 Å². The lowest BCUT2D eigenvalue weighted by Crippen LogP contribution is -2.45. The molecule has 17 heavy (non-hydrogen) atoms. The van der Waals surface area contributed by atoms with Crippen LogP contribution in [-0.4, -0.2) is 37.9 Å². The minimum atomic E-state index is 0.575. The van der Waals surface area contributed by atoms with Crippen LogP contribution in [0.5, 0.6) is 0 Å². The number of fused-ring (bicyclic) bond motifs is 2. The number of hydrogen-bond acceptors (Lipinski definition) is 3. The molecule has 3 aliphatic rings. The van der Waals surface area contributed by atoms with Crippen molar-refractivity contribution >= 4 is 0 Å². The number of hydrogen-bond donors (Lipinski definition) is 2. The van der Waals surface area contributed by atoms with Gasteiger partial charge in [0.2, 0.25) is 0 Å². The van der Waals surface area contributed by atoms with Gasteiger partial charge in [-0.2, -0.15) is 0 Å². The first-order chi connectivity index (χ1) is 8.31. The van der Waals surface area contributed by atoms with Gasteiger partial charge in [0, 0.05) is 25.0 Å². The third kappa shape index (κ3) is 2.83. The smallest absolute Gasteiger partial charge is 0.0621 e. The fraction of sp³-hybridized carbons (Fsp3) is 1.00. The summed E-state index contributed by atoms with van der Waals surface area (Å²) < 4.78 is 5.89. The van der Waals surface area contributed by atoms with Gasteiger partial charge in [-0.1, -0.05) is 6.92 Å². The zero-order valence-corrected chi connectivity index (χ0v) is 11.0. The molecule has 98 valence electrons. The zero-order valence-electron chi connectivity index (χ0n) is 11.0. The largest absolute Gasteiger partial charge is 0.375 e. The molecule has 3 heterocycles. The van der Waals surface area contributed by atoms with E-state index in [1.54, 1.807) is 0 Å². The first-order valence-corrected chi connectivity index (χ1v) is 7.41. The summed E-state index contributed by atoms with van der Waals surface area (Å²) in [4.78, 5) is 0. The summed E-state index contributed by atoms with van der Waals surface area (Å²) in [5.74, 6) is 1.68. The Bertz CT molecular complexity index is 259. The molecule has 2 N–H and O–H groups in total. The average molecular weight is 238 g/mol. The lowest BCUT2D eigenvalue weighted by Gasteiger charge is -2.29. The highest BCUT2D eigenvalue weighted by Crippen LogP contribution is 2.38. The molecule has 0 aromatic heterocycles. The molecule has 2 bridgehead atoms. The van der Waals surface area contributed by atoms with Crippen LogP contribution in [0.4, 0.5) is 0 Å². The summed E-state index contributed by atoms with van der Waals surface area (Å²) in [5.41, 5.74) is 0. The predicted octanol–water partition coefficient (Wildman–Crippen LogP) is 1.53. The van der Waals surface area contributed by atoms with E-state index in [0.717, 1.165) is 24.9 Å². The Morgan fingerprint density at radius 3 is 2.82 bits per heavy atom. The van der Waals surface area contributed by atoms with Crippen molar-refractivity contribution in [1.29, 1.82) is 0 Å². The lowest BCUT2D eigenvalue weighted by molar-refractivity contribution is 0.0922. The van der Waals surface area contributed by atoms with Crippen molar-refractivity contribution in [3.8, 4) is 0 Å². The van der Waals surface area contributed by atoms with Crippen LogP contribution in [0.2, 0.25) is 0 Å². The molecule has 0 radical (unpaired) electrons. The van der Waals surface area contributed by atoms with E-state index >= 15 is 0 Å². The van der Waals surface area contributed by atoms with Crippen molar-refractivity contribution in [1.82, 2.24) is 10.6 Å². The predicted molar refractivity (Wildman–Crippen MR) is 69.1 cm³/mol. The first-order valence-electron chi connectivity index (χ1n) is 7.41.